The molecule has 0 saturated carbocycles. The molecule has 4 rings (SSSR count). The third-order valence-corrected chi connectivity index (χ3v) is 6.38. The predicted molar refractivity (Wildman–Crippen MR) is 151 cm³/mol. The lowest BCUT2D eigenvalue weighted by atomic mass is 10.00. The topological polar surface area (TPSA) is 88.1 Å². The van der Waals surface area contributed by atoms with Gasteiger partial charge in [-0.1, -0.05) is 49.3 Å². The van der Waals surface area contributed by atoms with Gasteiger partial charge in [0, 0.05) is 12.3 Å². The maximum Gasteiger partial charge on any atom is 0.343 e. The van der Waals surface area contributed by atoms with Gasteiger partial charge in [0.1, 0.15) is 17.2 Å². The van der Waals surface area contributed by atoms with Crippen LogP contribution in [0.15, 0.2) is 97.1 Å². The molecule has 40 heavy (non-hydrogen) atoms. The minimum Gasteiger partial charge on any atom is -0.497 e. The van der Waals surface area contributed by atoms with E-state index in [1.807, 2.05) is 24.3 Å². The van der Waals surface area contributed by atoms with E-state index in [4.69, 9.17) is 18.9 Å². The molecule has 1 aliphatic rings. The number of carbonyl (C=O) groups is 3. The molecule has 0 atom stereocenters. The van der Waals surface area contributed by atoms with Crippen LogP contribution >= 0.6 is 0 Å². The summed E-state index contributed by atoms with van der Waals surface area (Å²) < 4.78 is 21.2. The molecule has 7 heteroatoms. The summed E-state index contributed by atoms with van der Waals surface area (Å²) in [5.41, 5.74) is 2.02. The first-order valence-electron chi connectivity index (χ1n) is 13.3. The molecule has 0 heterocycles. The van der Waals surface area contributed by atoms with Crippen LogP contribution in [0.4, 0.5) is 0 Å². The Bertz CT molecular complexity index is 1330. The summed E-state index contributed by atoms with van der Waals surface area (Å²) in [4.78, 5) is 36.7. The van der Waals surface area contributed by atoms with Crippen LogP contribution in [-0.4, -0.2) is 31.6 Å². The van der Waals surface area contributed by atoms with Crippen molar-refractivity contribution in [3.8, 4) is 17.2 Å². The van der Waals surface area contributed by atoms with E-state index in [1.165, 1.54) is 0 Å². The van der Waals surface area contributed by atoms with Gasteiger partial charge in [0.25, 0.3) is 0 Å². The standard InChI is InChI=1S/C33H32O7/c1-37-28-19-21-30(22-20-28)40-33(36)27-15-17-29(18-16-27)39-31(34)10-4-2-3-7-23-38-32(35)26-13-11-25(12-14-26)24-8-5-6-9-24/h5-6,8-9,11-22,24H,2-4,7,10,23H2,1H3. The molecule has 1 aliphatic carbocycles. The van der Waals surface area contributed by atoms with Gasteiger partial charge in [-0.15, -0.1) is 0 Å². The molecule has 0 bridgehead atoms. The molecule has 0 saturated heterocycles. The van der Waals surface area contributed by atoms with Crippen LogP contribution in [0, 0.1) is 0 Å². The second-order valence-corrected chi connectivity index (χ2v) is 9.28. The molecular weight excluding hydrogens is 508 g/mol. The number of esters is 3. The summed E-state index contributed by atoms with van der Waals surface area (Å²) in [5.74, 6) is 0.520. The van der Waals surface area contributed by atoms with Crippen LogP contribution in [0.3, 0.4) is 0 Å². The first-order valence-corrected chi connectivity index (χ1v) is 13.3. The van der Waals surface area contributed by atoms with Crippen molar-refractivity contribution in [3.63, 3.8) is 0 Å². The van der Waals surface area contributed by atoms with Gasteiger partial charge in [-0.3, -0.25) is 4.79 Å². The molecule has 0 spiro atoms. The van der Waals surface area contributed by atoms with Crippen molar-refractivity contribution < 1.29 is 33.3 Å². The monoisotopic (exact) mass is 540 g/mol. The molecule has 0 aromatic heterocycles. The Kier molecular flexibility index (Phi) is 10.3. The normalized spacial score (nSPS) is 12.2. The molecule has 206 valence electrons. The van der Waals surface area contributed by atoms with Crippen molar-refractivity contribution in [1.29, 1.82) is 0 Å². The Balaban J connectivity index is 1.07. The van der Waals surface area contributed by atoms with Crippen LogP contribution in [-0.2, 0) is 9.53 Å². The Morgan fingerprint density at radius 2 is 1.18 bits per heavy atom. The van der Waals surface area contributed by atoms with E-state index < -0.39 is 5.97 Å². The maximum absolute atomic E-state index is 12.3. The van der Waals surface area contributed by atoms with Crippen molar-refractivity contribution in [2.75, 3.05) is 13.7 Å². The van der Waals surface area contributed by atoms with Gasteiger partial charge in [0.15, 0.2) is 0 Å². The Labute approximate surface area is 234 Å². The van der Waals surface area contributed by atoms with E-state index in [0.717, 1.165) is 24.8 Å². The highest BCUT2D eigenvalue weighted by Gasteiger charge is 2.12. The van der Waals surface area contributed by atoms with Gasteiger partial charge in [-0.25, -0.2) is 9.59 Å². The number of hydrogen-bond donors (Lipinski definition) is 0. The number of rotatable bonds is 13. The van der Waals surface area contributed by atoms with Crippen molar-refractivity contribution in [1.82, 2.24) is 0 Å². The summed E-state index contributed by atoms with van der Waals surface area (Å²) in [5, 5.41) is 0. The summed E-state index contributed by atoms with van der Waals surface area (Å²) in [7, 11) is 1.56. The molecule has 0 aliphatic heterocycles. The van der Waals surface area contributed by atoms with E-state index in [0.29, 0.717) is 41.4 Å². The van der Waals surface area contributed by atoms with E-state index in [1.54, 1.807) is 67.8 Å². The second kappa shape index (κ2) is 14.5. The molecule has 0 unspecified atom stereocenters. The lowest BCUT2D eigenvalue weighted by molar-refractivity contribution is -0.134. The van der Waals surface area contributed by atoms with Crippen molar-refractivity contribution >= 4 is 17.9 Å². The van der Waals surface area contributed by atoms with Crippen LogP contribution in [0.2, 0.25) is 0 Å². The van der Waals surface area contributed by atoms with Gasteiger partial charge in [0.2, 0.25) is 0 Å². The fourth-order valence-electron chi connectivity index (χ4n) is 4.12. The Morgan fingerprint density at radius 1 is 0.625 bits per heavy atom. The van der Waals surface area contributed by atoms with Gasteiger partial charge >= 0.3 is 17.9 Å². The van der Waals surface area contributed by atoms with Crippen LogP contribution in [0.5, 0.6) is 17.2 Å². The SMILES string of the molecule is COc1ccc(OC(=O)c2ccc(OC(=O)CCCCCCOC(=O)c3ccc(C4C=CC=C4)cc3)cc2)cc1. The quantitative estimate of drug-likeness (QED) is 0.133. The minimum absolute atomic E-state index is 0.268. The smallest absolute Gasteiger partial charge is 0.343 e. The fraction of sp³-hybridized carbons (Fsp3) is 0.242. The largest absolute Gasteiger partial charge is 0.497 e. The van der Waals surface area contributed by atoms with Gasteiger partial charge in [0.05, 0.1) is 24.8 Å². The highest BCUT2D eigenvalue weighted by Crippen LogP contribution is 2.23. The summed E-state index contributed by atoms with van der Waals surface area (Å²) >= 11 is 0. The zero-order valence-corrected chi connectivity index (χ0v) is 22.4. The second-order valence-electron chi connectivity index (χ2n) is 9.28. The van der Waals surface area contributed by atoms with Crippen molar-refractivity contribution in [2.45, 2.75) is 38.0 Å². The molecule has 0 amide bonds. The lowest BCUT2D eigenvalue weighted by Gasteiger charge is -2.08. The van der Waals surface area contributed by atoms with Gasteiger partial charge in [-0.05, 0) is 79.1 Å². The fourth-order valence-corrected chi connectivity index (χ4v) is 4.12. The number of hydrogen-bond acceptors (Lipinski definition) is 7. The highest BCUT2D eigenvalue weighted by atomic mass is 16.5. The maximum atomic E-state index is 12.3. The average Bonchev–Trinajstić information content (AvgIpc) is 3.53. The molecule has 0 N–H and O–H groups in total. The molecule has 3 aromatic carbocycles. The Hall–Kier alpha value is -4.65. The number of allylic oxidation sites excluding steroid dienone is 4. The highest BCUT2D eigenvalue weighted by molar-refractivity contribution is 5.91. The summed E-state index contributed by atoms with van der Waals surface area (Å²) in [6, 6.07) is 20.4. The number of carbonyl (C=O) groups excluding carboxylic acids is 3. The predicted octanol–water partition coefficient (Wildman–Crippen LogP) is 6.84. The molecular formula is C33H32O7. The summed E-state index contributed by atoms with van der Waals surface area (Å²) in [6.07, 6.45) is 11.6. The minimum atomic E-state index is -0.513. The Morgan fingerprint density at radius 3 is 1.85 bits per heavy atom. The number of methoxy groups -OCH3 is 1. The zero-order valence-electron chi connectivity index (χ0n) is 22.4. The average molecular weight is 541 g/mol. The van der Waals surface area contributed by atoms with Crippen LogP contribution in [0.1, 0.15) is 64.3 Å². The van der Waals surface area contributed by atoms with E-state index in [9.17, 15) is 14.4 Å². The van der Waals surface area contributed by atoms with E-state index in [2.05, 4.69) is 12.2 Å². The van der Waals surface area contributed by atoms with Crippen molar-refractivity contribution in [3.05, 3.63) is 114 Å². The van der Waals surface area contributed by atoms with E-state index >= 15 is 0 Å². The number of benzene rings is 3. The van der Waals surface area contributed by atoms with Gasteiger partial charge < -0.3 is 18.9 Å². The first-order chi connectivity index (χ1) is 19.5. The third-order valence-electron chi connectivity index (χ3n) is 6.38. The third kappa shape index (κ3) is 8.43. The van der Waals surface area contributed by atoms with E-state index in [-0.39, 0.29) is 24.3 Å². The number of unbranched alkanes of at least 4 members (excludes halogenated alkanes) is 3. The molecule has 0 radical (unpaired) electrons. The van der Waals surface area contributed by atoms with Crippen LogP contribution < -0.4 is 14.2 Å². The van der Waals surface area contributed by atoms with Crippen LogP contribution in [0.25, 0.3) is 0 Å². The zero-order chi connectivity index (χ0) is 28.2. The van der Waals surface area contributed by atoms with Gasteiger partial charge in [-0.2, -0.15) is 0 Å². The van der Waals surface area contributed by atoms with Crippen molar-refractivity contribution in [2.24, 2.45) is 0 Å². The summed E-state index contributed by atoms with van der Waals surface area (Å²) in [6.45, 7) is 0.340. The number of ether oxygens (including phenoxy) is 4. The molecule has 7 nitrogen and oxygen atoms in total. The first kappa shape index (κ1) is 28.4. The molecule has 0 fully saturated rings. The molecule has 3 aromatic rings. The lowest BCUT2D eigenvalue weighted by Crippen LogP contribution is -2.10.